The maximum atomic E-state index is 14.0. The van der Waals surface area contributed by atoms with E-state index in [1.54, 1.807) is 11.8 Å². The van der Waals surface area contributed by atoms with Gasteiger partial charge in [-0.1, -0.05) is 51.3 Å². The third-order valence-corrected chi connectivity index (χ3v) is 9.54. The summed E-state index contributed by atoms with van der Waals surface area (Å²) < 4.78 is 1.87. The Morgan fingerprint density at radius 1 is 0.957 bits per heavy atom. The summed E-state index contributed by atoms with van der Waals surface area (Å²) in [5.74, 6) is -1.87. The first-order chi connectivity index (χ1) is 22.6. The molecule has 4 rings (SSSR count). The number of aromatic nitrogens is 1. The summed E-state index contributed by atoms with van der Waals surface area (Å²) in [4.78, 5) is 69.1. The van der Waals surface area contributed by atoms with Crippen molar-refractivity contribution in [2.45, 2.75) is 109 Å². The van der Waals surface area contributed by atoms with E-state index in [0.717, 1.165) is 61.5 Å². The van der Waals surface area contributed by atoms with E-state index in [4.69, 9.17) is 0 Å². The highest BCUT2D eigenvalue weighted by atomic mass is 16.2. The first-order valence-electron chi connectivity index (χ1n) is 17.3. The number of fused-ring (bicyclic) bond motifs is 2. The SMILES string of the molecule is CCC(C)[C@@H]1NC(=O)C(Cc2cn(CC(=O)NCCCCCCNC)c3ccccc23)NC(=O)[C@H](C)NC(=O)[C@H]2CCCCN2C1=O. The van der Waals surface area contributed by atoms with E-state index >= 15 is 0 Å². The molecule has 1 aromatic carbocycles. The van der Waals surface area contributed by atoms with Crippen LogP contribution >= 0.6 is 0 Å². The Kier molecular flexibility index (Phi) is 13.2. The molecule has 3 heterocycles. The minimum Gasteiger partial charge on any atom is -0.355 e. The molecule has 2 fully saturated rings. The molecule has 0 radical (unpaired) electrons. The molecular weight excluding hydrogens is 598 g/mol. The van der Waals surface area contributed by atoms with Crippen molar-refractivity contribution in [3.8, 4) is 0 Å². The summed E-state index contributed by atoms with van der Waals surface area (Å²) >= 11 is 0. The first-order valence-corrected chi connectivity index (χ1v) is 17.3. The van der Waals surface area contributed by atoms with Crippen LogP contribution in [0, 0.1) is 5.92 Å². The Hall–Kier alpha value is -3.93. The highest BCUT2D eigenvalue weighted by Gasteiger charge is 2.40. The van der Waals surface area contributed by atoms with Gasteiger partial charge in [0.25, 0.3) is 0 Å². The van der Waals surface area contributed by atoms with Crippen molar-refractivity contribution in [1.82, 2.24) is 36.1 Å². The van der Waals surface area contributed by atoms with Crippen LogP contribution in [0.4, 0.5) is 0 Å². The lowest BCUT2D eigenvalue weighted by Crippen LogP contribution is -2.64. The first kappa shape index (κ1) is 35.9. The molecular formula is C35H53N7O5. The van der Waals surface area contributed by atoms with Crippen molar-refractivity contribution in [2.24, 2.45) is 5.92 Å². The fraction of sp³-hybridized carbons (Fsp3) is 0.629. The molecule has 258 valence electrons. The molecule has 5 amide bonds. The summed E-state index contributed by atoms with van der Waals surface area (Å²) in [6.45, 7) is 7.60. The molecule has 0 aliphatic carbocycles. The number of amides is 5. The van der Waals surface area contributed by atoms with Gasteiger partial charge in [-0.2, -0.15) is 0 Å². The van der Waals surface area contributed by atoms with Crippen LogP contribution in [0.25, 0.3) is 10.9 Å². The van der Waals surface area contributed by atoms with Gasteiger partial charge in [-0.3, -0.25) is 24.0 Å². The van der Waals surface area contributed by atoms with Gasteiger partial charge < -0.3 is 36.1 Å². The van der Waals surface area contributed by atoms with E-state index in [9.17, 15) is 24.0 Å². The van der Waals surface area contributed by atoms with Gasteiger partial charge in [-0.25, -0.2) is 0 Å². The van der Waals surface area contributed by atoms with Gasteiger partial charge in [0, 0.05) is 36.6 Å². The molecule has 2 aliphatic heterocycles. The van der Waals surface area contributed by atoms with Crippen molar-refractivity contribution >= 4 is 40.4 Å². The Bertz CT molecular complexity index is 1410. The zero-order valence-electron chi connectivity index (χ0n) is 28.4. The van der Waals surface area contributed by atoms with Crippen molar-refractivity contribution < 1.29 is 24.0 Å². The molecule has 5 atom stereocenters. The molecule has 2 aliphatic rings. The van der Waals surface area contributed by atoms with Gasteiger partial charge in [0.15, 0.2) is 0 Å². The van der Waals surface area contributed by atoms with Crippen LogP contribution in [0.2, 0.25) is 0 Å². The maximum Gasteiger partial charge on any atom is 0.246 e. The molecule has 0 saturated carbocycles. The van der Waals surface area contributed by atoms with Gasteiger partial charge in [0.1, 0.15) is 30.7 Å². The van der Waals surface area contributed by atoms with Crippen LogP contribution in [0.15, 0.2) is 30.5 Å². The van der Waals surface area contributed by atoms with Gasteiger partial charge in [-0.15, -0.1) is 0 Å². The van der Waals surface area contributed by atoms with E-state index < -0.39 is 36.0 Å². The number of nitrogens with one attached hydrogen (secondary N) is 5. The van der Waals surface area contributed by atoms with E-state index in [0.29, 0.717) is 25.9 Å². The quantitative estimate of drug-likeness (QED) is 0.209. The molecule has 2 unspecified atom stereocenters. The molecule has 2 saturated heterocycles. The van der Waals surface area contributed by atoms with Crippen LogP contribution in [-0.4, -0.2) is 89.9 Å². The van der Waals surface area contributed by atoms with Crippen molar-refractivity contribution in [2.75, 3.05) is 26.7 Å². The predicted octanol–water partition coefficient (Wildman–Crippen LogP) is 1.99. The molecule has 2 aromatic rings. The van der Waals surface area contributed by atoms with Gasteiger partial charge in [0.2, 0.25) is 29.5 Å². The Labute approximate surface area is 278 Å². The van der Waals surface area contributed by atoms with E-state index in [-0.39, 0.29) is 36.6 Å². The van der Waals surface area contributed by atoms with Crippen LogP contribution in [0.5, 0.6) is 0 Å². The lowest BCUT2D eigenvalue weighted by Gasteiger charge is -2.39. The number of carbonyl (C=O) groups excluding carboxylic acids is 5. The minimum atomic E-state index is -1.02. The Morgan fingerprint density at radius 3 is 2.45 bits per heavy atom. The summed E-state index contributed by atoms with van der Waals surface area (Å²) in [6, 6.07) is 4.21. The maximum absolute atomic E-state index is 14.0. The topological polar surface area (TPSA) is 154 Å². The second-order valence-electron chi connectivity index (χ2n) is 13.1. The number of para-hydroxylation sites is 1. The zero-order valence-corrected chi connectivity index (χ0v) is 28.4. The molecule has 12 nitrogen and oxygen atoms in total. The third kappa shape index (κ3) is 9.33. The number of unbranched alkanes of at least 4 members (excludes halogenated alkanes) is 3. The van der Waals surface area contributed by atoms with Crippen molar-refractivity contribution in [3.63, 3.8) is 0 Å². The second-order valence-corrected chi connectivity index (χ2v) is 13.1. The van der Waals surface area contributed by atoms with Crippen LogP contribution in [0.3, 0.4) is 0 Å². The lowest BCUT2D eigenvalue weighted by atomic mass is 9.93. The van der Waals surface area contributed by atoms with Gasteiger partial charge >= 0.3 is 0 Å². The van der Waals surface area contributed by atoms with Gasteiger partial charge in [-0.05, 0) is 70.2 Å². The number of rotatable bonds is 13. The lowest BCUT2D eigenvalue weighted by molar-refractivity contribution is -0.147. The van der Waals surface area contributed by atoms with Gasteiger partial charge in [0.05, 0.1) is 0 Å². The smallest absolute Gasteiger partial charge is 0.246 e. The van der Waals surface area contributed by atoms with Crippen molar-refractivity contribution in [1.29, 1.82) is 0 Å². The average molecular weight is 652 g/mol. The summed E-state index contributed by atoms with van der Waals surface area (Å²) in [7, 11) is 1.94. The summed E-state index contributed by atoms with van der Waals surface area (Å²) in [5.41, 5.74) is 1.62. The zero-order chi connectivity index (χ0) is 33.9. The minimum absolute atomic E-state index is 0.0972. The summed E-state index contributed by atoms with van der Waals surface area (Å²) in [5, 5.41) is 15.6. The van der Waals surface area contributed by atoms with E-state index in [1.807, 2.05) is 55.9 Å². The molecule has 0 spiro atoms. The normalized spacial score (nSPS) is 23.2. The van der Waals surface area contributed by atoms with Crippen LogP contribution in [-0.2, 0) is 36.9 Å². The number of piperidine rings is 1. The van der Waals surface area contributed by atoms with E-state index in [1.165, 1.54) is 0 Å². The fourth-order valence-electron chi connectivity index (χ4n) is 6.52. The second kappa shape index (κ2) is 17.3. The molecule has 1 aromatic heterocycles. The average Bonchev–Trinajstić information content (AvgIpc) is 3.41. The molecule has 12 heteroatoms. The monoisotopic (exact) mass is 651 g/mol. The Morgan fingerprint density at radius 2 is 1.70 bits per heavy atom. The molecule has 5 N–H and O–H groups in total. The number of hydrogen-bond acceptors (Lipinski definition) is 6. The standard InChI is InChI=1S/C35H53N7O5/c1-5-23(2)31-35(47)42-19-13-10-16-29(42)34(46)38-24(3)32(44)39-27(33(45)40-31)20-25-21-41(28-15-9-8-14-26(25)28)22-30(43)37-18-12-7-6-11-17-36-4/h8-9,14-15,21,23-24,27,29,31,36H,5-7,10-13,16-20,22H2,1-4H3,(H,37,43)(H,38,46)(H,39,44)(H,40,45)/t23?,24-,27?,29+,31-/m0/s1. The third-order valence-electron chi connectivity index (χ3n) is 9.54. The number of benzene rings is 1. The van der Waals surface area contributed by atoms with E-state index in [2.05, 4.69) is 26.6 Å². The molecule has 47 heavy (non-hydrogen) atoms. The number of carbonyl (C=O) groups is 5. The predicted molar refractivity (Wildman–Crippen MR) is 181 cm³/mol. The number of nitrogens with zero attached hydrogens (tertiary/aromatic N) is 2. The fourth-order valence-corrected chi connectivity index (χ4v) is 6.52. The van der Waals surface area contributed by atoms with Crippen LogP contribution < -0.4 is 26.6 Å². The largest absolute Gasteiger partial charge is 0.355 e. The highest BCUT2D eigenvalue weighted by molar-refractivity contribution is 5.98. The van der Waals surface area contributed by atoms with Crippen LogP contribution in [0.1, 0.15) is 77.7 Å². The summed E-state index contributed by atoms with van der Waals surface area (Å²) in [6.07, 6.45) is 8.92. The van der Waals surface area contributed by atoms with Crippen molar-refractivity contribution in [3.05, 3.63) is 36.0 Å². The Balaban J connectivity index is 1.55. The number of hydrogen-bond donors (Lipinski definition) is 5. The highest BCUT2D eigenvalue weighted by Crippen LogP contribution is 2.25. The molecule has 0 bridgehead atoms.